The van der Waals surface area contributed by atoms with E-state index in [2.05, 4.69) is 0 Å². The number of aliphatic hydroxyl groups is 1. The number of carbonyl (C=O) groups excluding carboxylic acids is 1. The molecule has 1 N–H and O–H groups in total. The normalized spacial score (nSPS) is 19.2. The van der Waals surface area contributed by atoms with E-state index < -0.39 is 0 Å². The van der Waals surface area contributed by atoms with Crippen LogP contribution in [0.2, 0.25) is 0 Å². The van der Waals surface area contributed by atoms with Crippen LogP contribution in [0.4, 0.5) is 0 Å². The quantitative estimate of drug-likeness (QED) is 0.878. The van der Waals surface area contributed by atoms with E-state index in [1.807, 2.05) is 24.3 Å². The van der Waals surface area contributed by atoms with E-state index in [0.717, 1.165) is 24.9 Å². The van der Waals surface area contributed by atoms with E-state index >= 15 is 0 Å². The van der Waals surface area contributed by atoms with Crippen LogP contribution < -0.4 is 0 Å². The zero-order valence-electron chi connectivity index (χ0n) is 10.6. The van der Waals surface area contributed by atoms with Crippen LogP contribution in [0, 0.1) is 0 Å². The number of aliphatic hydroxyl groups excluding tert-OH is 1. The maximum Gasteiger partial charge on any atom is 0.254 e. The molecule has 1 saturated heterocycles. The monoisotopic (exact) mass is 249 g/mol. The summed E-state index contributed by atoms with van der Waals surface area (Å²) in [5.41, 5.74) is 1.66. The summed E-state index contributed by atoms with van der Waals surface area (Å²) >= 11 is 0. The second-order valence-electron chi connectivity index (χ2n) is 4.61. The number of ether oxygens (including phenoxy) is 1. The van der Waals surface area contributed by atoms with Gasteiger partial charge in [0.15, 0.2) is 0 Å². The predicted molar refractivity (Wildman–Crippen MR) is 68.3 cm³/mol. The highest BCUT2D eigenvalue weighted by Gasteiger charge is 2.28. The van der Waals surface area contributed by atoms with Crippen LogP contribution in [0.1, 0.15) is 28.8 Å². The molecule has 0 spiro atoms. The summed E-state index contributed by atoms with van der Waals surface area (Å²) in [7, 11) is 1.64. The van der Waals surface area contributed by atoms with Gasteiger partial charge in [-0.25, -0.2) is 0 Å². The van der Waals surface area contributed by atoms with Gasteiger partial charge in [0, 0.05) is 19.2 Å². The lowest BCUT2D eigenvalue weighted by Crippen LogP contribution is -2.37. The van der Waals surface area contributed by atoms with Crippen molar-refractivity contribution in [3.63, 3.8) is 0 Å². The summed E-state index contributed by atoms with van der Waals surface area (Å²) in [4.78, 5) is 14.1. The average molecular weight is 249 g/mol. The van der Waals surface area contributed by atoms with E-state index in [-0.39, 0.29) is 18.6 Å². The summed E-state index contributed by atoms with van der Waals surface area (Å²) in [5, 5.41) is 9.26. The molecule has 1 aromatic rings. The number of methoxy groups -OCH3 is 1. The second kappa shape index (κ2) is 5.98. The first kappa shape index (κ1) is 13.1. The van der Waals surface area contributed by atoms with Gasteiger partial charge in [0.1, 0.15) is 0 Å². The maximum absolute atomic E-state index is 12.3. The van der Waals surface area contributed by atoms with Crippen molar-refractivity contribution in [1.82, 2.24) is 4.90 Å². The Morgan fingerprint density at radius 1 is 1.56 bits per heavy atom. The molecule has 4 heteroatoms. The fourth-order valence-electron chi connectivity index (χ4n) is 2.42. The van der Waals surface area contributed by atoms with E-state index in [4.69, 9.17) is 4.74 Å². The van der Waals surface area contributed by atoms with Crippen LogP contribution >= 0.6 is 0 Å². The molecule has 0 saturated carbocycles. The number of hydrogen-bond acceptors (Lipinski definition) is 3. The molecule has 4 nitrogen and oxygen atoms in total. The molecule has 1 fully saturated rings. The SMILES string of the molecule is COCc1cccc(C(=O)N2CCC[C@H]2CO)c1. The van der Waals surface area contributed by atoms with Gasteiger partial charge in [-0.3, -0.25) is 4.79 Å². The highest BCUT2D eigenvalue weighted by atomic mass is 16.5. The van der Waals surface area contributed by atoms with Crippen molar-refractivity contribution in [3.8, 4) is 0 Å². The first-order valence-electron chi connectivity index (χ1n) is 6.26. The minimum atomic E-state index is -0.0245. The zero-order chi connectivity index (χ0) is 13.0. The van der Waals surface area contributed by atoms with Crippen molar-refractivity contribution in [2.24, 2.45) is 0 Å². The number of amides is 1. The summed E-state index contributed by atoms with van der Waals surface area (Å²) in [6.45, 7) is 1.28. The number of nitrogens with zero attached hydrogens (tertiary/aromatic N) is 1. The van der Waals surface area contributed by atoms with E-state index in [9.17, 15) is 9.90 Å². The van der Waals surface area contributed by atoms with E-state index in [0.29, 0.717) is 12.2 Å². The molecule has 0 radical (unpaired) electrons. The predicted octanol–water partition coefficient (Wildman–Crippen LogP) is 1.43. The molecule has 18 heavy (non-hydrogen) atoms. The summed E-state index contributed by atoms with van der Waals surface area (Å²) in [6.07, 6.45) is 1.86. The van der Waals surface area contributed by atoms with E-state index in [1.54, 1.807) is 12.0 Å². The Morgan fingerprint density at radius 2 is 2.39 bits per heavy atom. The van der Waals surface area contributed by atoms with Crippen molar-refractivity contribution in [3.05, 3.63) is 35.4 Å². The molecule has 0 aromatic heterocycles. The number of hydrogen-bond donors (Lipinski definition) is 1. The van der Waals surface area contributed by atoms with Crippen molar-refractivity contribution < 1.29 is 14.6 Å². The van der Waals surface area contributed by atoms with Gasteiger partial charge in [-0.2, -0.15) is 0 Å². The van der Waals surface area contributed by atoms with Crippen molar-refractivity contribution in [1.29, 1.82) is 0 Å². The molecule has 1 atom stereocenters. The van der Waals surface area contributed by atoms with Crippen LogP contribution in [0.15, 0.2) is 24.3 Å². The first-order valence-corrected chi connectivity index (χ1v) is 6.26. The maximum atomic E-state index is 12.3. The Labute approximate surface area is 107 Å². The third kappa shape index (κ3) is 2.71. The standard InChI is InChI=1S/C14H19NO3/c1-18-10-11-4-2-5-12(8-11)14(17)15-7-3-6-13(15)9-16/h2,4-5,8,13,16H,3,6-7,9-10H2,1H3/t13-/m0/s1. The van der Waals surface area contributed by atoms with Crippen molar-refractivity contribution >= 4 is 5.91 Å². The summed E-state index contributed by atoms with van der Waals surface area (Å²) in [5.74, 6) is 0.00417. The average Bonchev–Trinajstić information content (AvgIpc) is 2.87. The highest BCUT2D eigenvalue weighted by molar-refractivity contribution is 5.94. The Hall–Kier alpha value is -1.39. The Bertz CT molecular complexity index is 419. The molecule has 98 valence electrons. The van der Waals surface area contributed by atoms with Gasteiger partial charge in [-0.1, -0.05) is 12.1 Å². The van der Waals surface area contributed by atoms with Crippen LogP contribution in [0.5, 0.6) is 0 Å². The third-order valence-corrected chi connectivity index (χ3v) is 3.33. The molecule has 1 amide bonds. The van der Waals surface area contributed by atoms with Gasteiger partial charge in [0.25, 0.3) is 5.91 Å². The molecule has 2 rings (SSSR count). The van der Waals surface area contributed by atoms with Crippen LogP contribution in [0.25, 0.3) is 0 Å². The minimum Gasteiger partial charge on any atom is -0.394 e. The molecule has 0 unspecified atom stereocenters. The van der Waals surface area contributed by atoms with Gasteiger partial charge in [-0.05, 0) is 30.5 Å². The number of benzene rings is 1. The Morgan fingerprint density at radius 3 is 3.11 bits per heavy atom. The molecular weight excluding hydrogens is 230 g/mol. The molecule has 1 heterocycles. The minimum absolute atomic E-state index is 0.00417. The van der Waals surface area contributed by atoms with Crippen LogP contribution in [0.3, 0.4) is 0 Å². The van der Waals surface area contributed by atoms with Crippen molar-refractivity contribution in [2.75, 3.05) is 20.3 Å². The summed E-state index contributed by atoms with van der Waals surface area (Å²) in [6, 6.07) is 7.45. The van der Waals surface area contributed by atoms with Gasteiger partial charge >= 0.3 is 0 Å². The first-order chi connectivity index (χ1) is 8.76. The second-order valence-corrected chi connectivity index (χ2v) is 4.61. The lowest BCUT2D eigenvalue weighted by molar-refractivity contribution is 0.0677. The van der Waals surface area contributed by atoms with Crippen molar-refractivity contribution in [2.45, 2.75) is 25.5 Å². The van der Waals surface area contributed by atoms with Gasteiger partial charge in [0.2, 0.25) is 0 Å². The molecular formula is C14H19NO3. The number of rotatable bonds is 4. The van der Waals surface area contributed by atoms with Gasteiger partial charge < -0.3 is 14.7 Å². The highest BCUT2D eigenvalue weighted by Crippen LogP contribution is 2.20. The summed E-state index contributed by atoms with van der Waals surface area (Å²) < 4.78 is 5.07. The number of likely N-dealkylation sites (tertiary alicyclic amines) is 1. The molecule has 0 aliphatic carbocycles. The fourth-order valence-corrected chi connectivity index (χ4v) is 2.42. The van der Waals surface area contributed by atoms with Crippen LogP contribution in [-0.2, 0) is 11.3 Å². The molecule has 1 aromatic carbocycles. The number of carbonyl (C=O) groups is 1. The smallest absolute Gasteiger partial charge is 0.254 e. The lowest BCUT2D eigenvalue weighted by atomic mass is 10.1. The largest absolute Gasteiger partial charge is 0.394 e. The Kier molecular flexibility index (Phi) is 4.33. The topological polar surface area (TPSA) is 49.8 Å². The van der Waals surface area contributed by atoms with Gasteiger partial charge in [-0.15, -0.1) is 0 Å². The Balaban J connectivity index is 2.15. The van der Waals surface area contributed by atoms with Gasteiger partial charge in [0.05, 0.1) is 19.3 Å². The molecule has 1 aliphatic rings. The van der Waals surface area contributed by atoms with E-state index in [1.165, 1.54) is 0 Å². The molecule has 1 aliphatic heterocycles. The van der Waals surface area contributed by atoms with Crippen LogP contribution in [-0.4, -0.2) is 42.2 Å². The molecule has 0 bridgehead atoms. The third-order valence-electron chi connectivity index (χ3n) is 3.33. The zero-order valence-corrected chi connectivity index (χ0v) is 10.6. The fraction of sp³-hybridized carbons (Fsp3) is 0.500. The lowest BCUT2D eigenvalue weighted by Gasteiger charge is -2.23.